The number of thiophene rings is 1. The molecule has 26 heavy (non-hydrogen) atoms. The van der Waals surface area contributed by atoms with Gasteiger partial charge in [0, 0.05) is 24.5 Å². The largest absolute Gasteiger partial charge is 0.490 e. The lowest BCUT2D eigenvalue weighted by Gasteiger charge is -2.30. The number of nitrogens with one attached hydrogen (secondary N) is 1. The van der Waals surface area contributed by atoms with E-state index in [2.05, 4.69) is 56.5 Å². The SMILES string of the molecule is CCOc1ccc(C(c2ccc(Br)s2)N2CCCNCC2)cc1OCC. The summed E-state index contributed by atoms with van der Waals surface area (Å²) in [4.78, 5) is 3.93. The molecule has 2 aromatic rings. The summed E-state index contributed by atoms with van der Waals surface area (Å²) >= 11 is 5.43. The number of nitrogens with zero attached hydrogens (tertiary/aromatic N) is 1. The minimum atomic E-state index is 0.237. The maximum absolute atomic E-state index is 5.87. The minimum absolute atomic E-state index is 0.237. The molecule has 1 aliphatic rings. The lowest BCUT2D eigenvalue weighted by atomic mass is 10.0. The van der Waals surface area contributed by atoms with E-state index in [0.717, 1.165) is 37.7 Å². The van der Waals surface area contributed by atoms with Gasteiger partial charge in [0.2, 0.25) is 0 Å². The van der Waals surface area contributed by atoms with Gasteiger partial charge in [0.05, 0.1) is 23.0 Å². The fraction of sp³-hybridized carbons (Fsp3) is 0.500. The predicted octanol–water partition coefficient (Wildman–Crippen LogP) is 4.69. The van der Waals surface area contributed by atoms with E-state index in [1.807, 2.05) is 25.2 Å². The van der Waals surface area contributed by atoms with Crippen molar-refractivity contribution in [2.24, 2.45) is 0 Å². The number of rotatable bonds is 7. The number of hydrogen-bond donors (Lipinski definition) is 1. The average molecular weight is 439 g/mol. The topological polar surface area (TPSA) is 33.7 Å². The van der Waals surface area contributed by atoms with Gasteiger partial charge in [-0.05, 0) is 72.6 Å². The number of ether oxygens (including phenoxy) is 2. The average Bonchev–Trinajstić information content (AvgIpc) is 2.89. The summed E-state index contributed by atoms with van der Waals surface area (Å²) in [5.41, 5.74) is 1.26. The van der Waals surface area contributed by atoms with Crippen molar-refractivity contribution in [2.75, 3.05) is 39.4 Å². The van der Waals surface area contributed by atoms with Crippen LogP contribution in [0.1, 0.15) is 36.8 Å². The van der Waals surface area contributed by atoms with E-state index in [1.165, 1.54) is 20.6 Å². The van der Waals surface area contributed by atoms with Crippen LogP contribution in [-0.4, -0.2) is 44.3 Å². The van der Waals surface area contributed by atoms with Gasteiger partial charge in [0.15, 0.2) is 11.5 Å². The molecule has 2 heterocycles. The number of benzene rings is 1. The highest BCUT2D eigenvalue weighted by molar-refractivity contribution is 9.11. The van der Waals surface area contributed by atoms with E-state index in [0.29, 0.717) is 13.2 Å². The molecular formula is C20H27BrN2O2S. The lowest BCUT2D eigenvalue weighted by molar-refractivity contribution is 0.242. The smallest absolute Gasteiger partial charge is 0.161 e. The van der Waals surface area contributed by atoms with Crippen molar-refractivity contribution in [2.45, 2.75) is 26.3 Å². The Hall–Kier alpha value is -1.08. The first-order chi connectivity index (χ1) is 12.7. The summed E-state index contributed by atoms with van der Waals surface area (Å²) < 4.78 is 12.8. The Morgan fingerprint density at radius 1 is 1.08 bits per heavy atom. The van der Waals surface area contributed by atoms with Crippen molar-refractivity contribution in [1.29, 1.82) is 0 Å². The fourth-order valence-electron chi connectivity index (χ4n) is 3.39. The van der Waals surface area contributed by atoms with E-state index in [1.54, 1.807) is 0 Å². The van der Waals surface area contributed by atoms with E-state index in [4.69, 9.17) is 9.47 Å². The van der Waals surface area contributed by atoms with Crippen LogP contribution in [-0.2, 0) is 0 Å². The van der Waals surface area contributed by atoms with Crippen LogP contribution >= 0.6 is 27.3 Å². The summed E-state index contributed by atoms with van der Waals surface area (Å²) in [5, 5.41) is 3.51. The molecule has 0 bridgehead atoms. The molecule has 142 valence electrons. The van der Waals surface area contributed by atoms with Gasteiger partial charge in [0.25, 0.3) is 0 Å². The zero-order valence-electron chi connectivity index (χ0n) is 15.5. The van der Waals surface area contributed by atoms with Crippen LogP contribution in [0.3, 0.4) is 0 Å². The Labute approximate surface area is 168 Å². The molecule has 1 unspecified atom stereocenters. The van der Waals surface area contributed by atoms with Crippen molar-refractivity contribution in [3.05, 3.63) is 44.6 Å². The maximum Gasteiger partial charge on any atom is 0.161 e. The molecule has 1 N–H and O–H groups in total. The highest BCUT2D eigenvalue weighted by atomic mass is 79.9. The Bertz CT molecular complexity index is 699. The maximum atomic E-state index is 5.87. The molecule has 0 spiro atoms. The molecule has 4 nitrogen and oxygen atoms in total. The van der Waals surface area contributed by atoms with Crippen molar-refractivity contribution in [3.8, 4) is 11.5 Å². The molecule has 0 radical (unpaired) electrons. The molecule has 3 rings (SSSR count). The van der Waals surface area contributed by atoms with Gasteiger partial charge in [0.1, 0.15) is 0 Å². The Morgan fingerprint density at radius 2 is 1.88 bits per heavy atom. The number of halogens is 1. The molecule has 0 amide bonds. The minimum Gasteiger partial charge on any atom is -0.490 e. The van der Waals surface area contributed by atoms with Crippen LogP contribution in [0.2, 0.25) is 0 Å². The molecule has 1 fully saturated rings. The molecule has 0 aliphatic carbocycles. The second-order valence-electron chi connectivity index (χ2n) is 6.26. The molecule has 1 saturated heterocycles. The van der Waals surface area contributed by atoms with E-state index in [9.17, 15) is 0 Å². The first-order valence-electron chi connectivity index (χ1n) is 9.32. The van der Waals surface area contributed by atoms with E-state index in [-0.39, 0.29) is 6.04 Å². The van der Waals surface area contributed by atoms with Gasteiger partial charge in [-0.3, -0.25) is 4.90 Å². The van der Waals surface area contributed by atoms with Crippen LogP contribution < -0.4 is 14.8 Å². The standard InChI is InChI=1S/C20H27BrN2O2S/c1-3-24-16-7-6-15(14-17(16)25-4-2)20(18-8-9-19(21)26-18)23-12-5-10-22-11-13-23/h6-9,14,20,22H,3-5,10-13H2,1-2H3. The lowest BCUT2D eigenvalue weighted by Crippen LogP contribution is -2.32. The van der Waals surface area contributed by atoms with Crippen molar-refractivity contribution < 1.29 is 9.47 Å². The van der Waals surface area contributed by atoms with Crippen LogP contribution in [0.5, 0.6) is 11.5 Å². The van der Waals surface area contributed by atoms with Crippen LogP contribution in [0.25, 0.3) is 0 Å². The van der Waals surface area contributed by atoms with Crippen LogP contribution in [0.15, 0.2) is 34.1 Å². The third kappa shape index (κ3) is 4.80. The quantitative estimate of drug-likeness (QED) is 0.679. The molecule has 0 saturated carbocycles. The zero-order valence-corrected chi connectivity index (χ0v) is 17.9. The summed E-state index contributed by atoms with van der Waals surface area (Å²) in [5.74, 6) is 1.65. The van der Waals surface area contributed by atoms with Gasteiger partial charge < -0.3 is 14.8 Å². The van der Waals surface area contributed by atoms with Crippen molar-refractivity contribution in [1.82, 2.24) is 10.2 Å². The molecule has 6 heteroatoms. The molecule has 1 aromatic carbocycles. The molecular weight excluding hydrogens is 412 g/mol. The normalized spacial score (nSPS) is 16.9. The Kier molecular flexibility index (Phi) is 7.37. The van der Waals surface area contributed by atoms with Crippen molar-refractivity contribution >= 4 is 27.3 Å². The van der Waals surface area contributed by atoms with Gasteiger partial charge in [-0.25, -0.2) is 0 Å². The summed E-state index contributed by atoms with van der Waals surface area (Å²) in [6.45, 7) is 9.52. The second kappa shape index (κ2) is 9.74. The first kappa shape index (κ1) is 19.7. The summed E-state index contributed by atoms with van der Waals surface area (Å²) in [6.07, 6.45) is 1.17. The zero-order chi connectivity index (χ0) is 18.4. The Balaban J connectivity index is 1.98. The highest BCUT2D eigenvalue weighted by Gasteiger charge is 2.25. The van der Waals surface area contributed by atoms with Crippen LogP contribution in [0.4, 0.5) is 0 Å². The molecule has 1 aliphatic heterocycles. The van der Waals surface area contributed by atoms with Crippen LogP contribution in [0, 0.1) is 0 Å². The van der Waals surface area contributed by atoms with Gasteiger partial charge >= 0.3 is 0 Å². The predicted molar refractivity (Wildman–Crippen MR) is 112 cm³/mol. The highest BCUT2D eigenvalue weighted by Crippen LogP contribution is 2.39. The molecule has 1 atom stereocenters. The van der Waals surface area contributed by atoms with Gasteiger partial charge in [-0.1, -0.05) is 6.07 Å². The van der Waals surface area contributed by atoms with E-state index < -0.39 is 0 Å². The third-order valence-corrected chi connectivity index (χ3v) is 6.16. The summed E-state index contributed by atoms with van der Waals surface area (Å²) in [6, 6.07) is 11.0. The fourth-order valence-corrected chi connectivity index (χ4v) is 4.98. The monoisotopic (exact) mass is 438 g/mol. The van der Waals surface area contributed by atoms with Gasteiger partial charge in [-0.15, -0.1) is 11.3 Å². The van der Waals surface area contributed by atoms with Gasteiger partial charge in [-0.2, -0.15) is 0 Å². The number of hydrogen-bond acceptors (Lipinski definition) is 5. The van der Waals surface area contributed by atoms with E-state index >= 15 is 0 Å². The first-order valence-corrected chi connectivity index (χ1v) is 10.9. The van der Waals surface area contributed by atoms with Crippen molar-refractivity contribution in [3.63, 3.8) is 0 Å². The molecule has 1 aromatic heterocycles. The third-order valence-electron chi connectivity index (χ3n) is 4.49. The Morgan fingerprint density at radius 3 is 2.62 bits per heavy atom. The second-order valence-corrected chi connectivity index (χ2v) is 8.75. The summed E-state index contributed by atoms with van der Waals surface area (Å²) in [7, 11) is 0.